The fourth-order valence-electron chi connectivity index (χ4n) is 9.38. The van der Waals surface area contributed by atoms with Gasteiger partial charge >= 0.3 is 0 Å². The number of aryl methyl sites for hydroxylation is 3. The molecule has 0 saturated carbocycles. The molecule has 60 heavy (non-hydrogen) atoms. The Labute approximate surface area is 355 Å². The van der Waals surface area contributed by atoms with Crippen LogP contribution in [-0.4, -0.2) is 54.2 Å². The van der Waals surface area contributed by atoms with E-state index in [1.807, 2.05) is 0 Å². The van der Waals surface area contributed by atoms with E-state index in [1.54, 1.807) is 0 Å². The highest BCUT2D eigenvalue weighted by atomic mass is 15.4. The molecule has 7 heterocycles. The van der Waals surface area contributed by atoms with Gasteiger partial charge in [0, 0.05) is 110 Å². The van der Waals surface area contributed by atoms with Gasteiger partial charge in [0.15, 0.2) is 0 Å². The van der Waals surface area contributed by atoms with Crippen molar-refractivity contribution in [1.29, 1.82) is 0 Å². The molecule has 6 aromatic rings. The SMILES string of the molecule is Cc1ccc(N2c3cc(N4CCCCC4)cc(n3)N(c3ccc(C)cc3)c3cc(N4CCCCC4)cc(n3)N(c3ccc(C)cc3)c3cc(N4CCCCC4)cc2n3)cc1. The Morgan fingerprint density at radius 2 is 0.500 bits per heavy atom. The van der Waals surface area contributed by atoms with E-state index in [-0.39, 0.29) is 0 Å². The van der Waals surface area contributed by atoms with Crippen LogP contribution in [0.4, 0.5) is 69.0 Å². The molecule has 0 spiro atoms. The van der Waals surface area contributed by atoms with Gasteiger partial charge in [0.2, 0.25) is 0 Å². The first kappa shape index (κ1) is 38.1. The summed E-state index contributed by atoms with van der Waals surface area (Å²) >= 11 is 0. The van der Waals surface area contributed by atoms with Crippen molar-refractivity contribution in [3.05, 3.63) is 126 Å². The number of benzene rings is 3. The molecule has 0 unspecified atom stereocenters. The second kappa shape index (κ2) is 16.5. The van der Waals surface area contributed by atoms with E-state index >= 15 is 0 Å². The highest BCUT2D eigenvalue weighted by Crippen LogP contribution is 2.46. The average molecular weight is 796 g/mol. The van der Waals surface area contributed by atoms with Crippen molar-refractivity contribution in [2.24, 2.45) is 0 Å². The number of hydrogen-bond acceptors (Lipinski definition) is 9. The zero-order chi connectivity index (χ0) is 40.6. The van der Waals surface area contributed by atoms with E-state index in [1.165, 1.54) is 91.5 Å². The highest BCUT2D eigenvalue weighted by Gasteiger charge is 2.30. The smallest absolute Gasteiger partial charge is 0.143 e. The van der Waals surface area contributed by atoms with Crippen LogP contribution in [0.5, 0.6) is 0 Å². The topological polar surface area (TPSA) is 58.1 Å². The fraction of sp³-hybridized carbons (Fsp3) is 0.353. The zero-order valence-electron chi connectivity index (χ0n) is 35.5. The van der Waals surface area contributed by atoms with Gasteiger partial charge in [-0.25, -0.2) is 15.0 Å². The predicted molar refractivity (Wildman–Crippen MR) is 250 cm³/mol. The Morgan fingerprint density at radius 3 is 0.717 bits per heavy atom. The van der Waals surface area contributed by atoms with Gasteiger partial charge in [0.05, 0.1) is 0 Å². The van der Waals surface area contributed by atoms with Crippen LogP contribution < -0.4 is 29.4 Å². The minimum atomic E-state index is 0.832. The van der Waals surface area contributed by atoms with Crippen molar-refractivity contribution < 1.29 is 0 Å². The molecule has 306 valence electrons. The molecule has 4 aliphatic heterocycles. The van der Waals surface area contributed by atoms with Crippen molar-refractivity contribution in [3.8, 4) is 0 Å². The number of anilines is 12. The monoisotopic (exact) mass is 795 g/mol. The first-order chi connectivity index (χ1) is 29.4. The van der Waals surface area contributed by atoms with Crippen molar-refractivity contribution >= 4 is 69.0 Å². The van der Waals surface area contributed by atoms with Crippen LogP contribution in [0.15, 0.2) is 109 Å². The van der Waals surface area contributed by atoms with Crippen molar-refractivity contribution in [2.45, 2.75) is 78.6 Å². The predicted octanol–water partition coefficient (Wildman–Crippen LogP) is 12.5. The molecule has 0 amide bonds. The normalized spacial score (nSPS) is 17.1. The number of fused-ring (bicyclic) bond motifs is 6. The lowest BCUT2D eigenvalue weighted by Crippen LogP contribution is -2.31. The summed E-state index contributed by atoms with van der Waals surface area (Å²) in [5.41, 5.74) is 10.2. The molecule has 10 rings (SSSR count). The molecule has 6 bridgehead atoms. The van der Waals surface area contributed by atoms with Gasteiger partial charge < -0.3 is 14.7 Å². The minimum Gasteiger partial charge on any atom is -0.371 e. The van der Waals surface area contributed by atoms with Crippen LogP contribution in [0.3, 0.4) is 0 Å². The maximum Gasteiger partial charge on any atom is 0.143 e. The molecule has 0 aliphatic carbocycles. The lowest BCUT2D eigenvalue weighted by Gasteiger charge is -2.36. The Bertz CT molecular complexity index is 2090. The van der Waals surface area contributed by atoms with Gasteiger partial charge in [-0.2, -0.15) is 0 Å². The van der Waals surface area contributed by atoms with E-state index < -0.39 is 0 Å². The molecule has 0 N–H and O–H groups in total. The van der Waals surface area contributed by atoms with Crippen molar-refractivity contribution in [1.82, 2.24) is 15.0 Å². The number of rotatable bonds is 6. The molecule has 4 aliphatic rings. The second-order valence-electron chi connectivity index (χ2n) is 17.3. The number of hydrogen-bond donors (Lipinski definition) is 0. The lowest BCUT2D eigenvalue weighted by atomic mass is 10.1. The Hall–Kier alpha value is -6.09. The van der Waals surface area contributed by atoms with Gasteiger partial charge in [-0.1, -0.05) is 53.1 Å². The standard InChI is InChI=1S/C51H57N9/c1-37-13-19-40(20-14-37)58-46-31-43(55-25-7-4-8-26-55)33-48(52-46)59(41-21-15-38(2)16-22-41)50-35-45(57-29-11-6-12-30-57)36-51(54-50)60(42-23-17-39(3)18-24-42)49-34-44(32-47(58)53-49)56-27-9-5-10-28-56/h13-24,31-36H,4-12,25-30H2,1-3H3. The third-order valence-electron chi connectivity index (χ3n) is 12.8. The Morgan fingerprint density at radius 1 is 0.283 bits per heavy atom. The van der Waals surface area contributed by atoms with Crippen LogP contribution >= 0.6 is 0 Å². The van der Waals surface area contributed by atoms with Crippen LogP contribution in [0.1, 0.15) is 74.5 Å². The molecule has 9 heteroatoms. The quantitative estimate of drug-likeness (QED) is 0.164. The largest absolute Gasteiger partial charge is 0.371 e. The Kier molecular flexibility index (Phi) is 10.5. The van der Waals surface area contributed by atoms with Crippen LogP contribution in [-0.2, 0) is 0 Å². The number of aromatic nitrogens is 3. The zero-order valence-corrected chi connectivity index (χ0v) is 35.5. The maximum absolute atomic E-state index is 5.70. The number of piperidine rings is 3. The summed E-state index contributed by atoms with van der Waals surface area (Å²) < 4.78 is 0. The van der Waals surface area contributed by atoms with E-state index in [2.05, 4.69) is 159 Å². The number of pyridine rings is 3. The third-order valence-corrected chi connectivity index (χ3v) is 12.8. The van der Waals surface area contributed by atoms with E-state index in [0.717, 1.165) is 91.2 Å². The van der Waals surface area contributed by atoms with Crippen LogP contribution in [0.2, 0.25) is 0 Å². The first-order valence-electron chi connectivity index (χ1n) is 22.4. The van der Waals surface area contributed by atoms with Gasteiger partial charge in [-0.05, 0) is 115 Å². The van der Waals surface area contributed by atoms with Crippen LogP contribution in [0.25, 0.3) is 0 Å². The first-order valence-corrected chi connectivity index (χ1v) is 22.4. The molecular weight excluding hydrogens is 739 g/mol. The second-order valence-corrected chi connectivity index (χ2v) is 17.3. The van der Waals surface area contributed by atoms with Gasteiger partial charge in [0.1, 0.15) is 34.9 Å². The molecule has 9 nitrogen and oxygen atoms in total. The molecular formula is C51H57N9. The van der Waals surface area contributed by atoms with Gasteiger partial charge in [-0.3, -0.25) is 14.7 Å². The summed E-state index contributed by atoms with van der Waals surface area (Å²) in [4.78, 5) is 31.6. The summed E-state index contributed by atoms with van der Waals surface area (Å²) in [6, 6.07) is 40.3. The minimum absolute atomic E-state index is 0.832. The molecule has 0 radical (unpaired) electrons. The summed E-state index contributed by atoms with van der Waals surface area (Å²) in [6.07, 6.45) is 10.8. The molecule has 3 aromatic heterocycles. The van der Waals surface area contributed by atoms with Crippen LogP contribution in [0, 0.1) is 20.8 Å². The maximum atomic E-state index is 5.70. The van der Waals surface area contributed by atoms with Crippen molar-refractivity contribution in [3.63, 3.8) is 0 Å². The third kappa shape index (κ3) is 7.73. The number of nitrogens with zero attached hydrogens (tertiary/aromatic N) is 9. The van der Waals surface area contributed by atoms with Gasteiger partial charge in [-0.15, -0.1) is 0 Å². The summed E-state index contributed by atoms with van der Waals surface area (Å²) in [7, 11) is 0. The van der Waals surface area contributed by atoms with Gasteiger partial charge in [0.25, 0.3) is 0 Å². The molecule has 3 fully saturated rings. The highest BCUT2D eigenvalue weighted by molar-refractivity contribution is 5.86. The molecule has 3 saturated heterocycles. The van der Waals surface area contributed by atoms with E-state index in [0.29, 0.717) is 0 Å². The Balaban J connectivity index is 1.31. The van der Waals surface area contributed by atoms with E-state index in [4.69, 9.17) is 15.0 Å². The lowest BCUT2D eigenvalue weighted by molar-refractivity contribution is 0.577. The summed E-state index contributed by atoms with van der Waals surface area (Å²) in [5, 5.41) is 0. The van der Waals surface area contributed by atoms with Crippen molar-refractivity contribution in [2.75, 3.05) is 68.7 Å². The molecule has 0 atom stereocenters. The fourth-order valence-corrected chi connectivity index (χ4v) is 9.38. The summed E-state index contributed by atoms with van der Waals surface area (Å²) in [6.45, 7) is 12.6. The average Bonchev–Trinajstić information content (AvgIpc) is 3.29. The molecule has 3 aromatic carbocycles. The summed E-state index contributed by atoms with van der Waals surface area (Å²) in [5.74, 6) is 4.99. The van der Waals surface area contributed by atoms with E-state index in [9.17, 15) is 0 Å².